The van der Waals surface area contributed by atoms with Crippen LogP contribution in [0.4, 0.5) is 0 Å². The molecular weight excluding hydrogens is 238 g/mol. The predicted octanol–water partition coefficient (Wildman–Crippen LogP) is 2.13. The van der Waals surface area contributed by atoms with E-state index in [0.29, 0.717) is 6.04 Å². The Morgan fingerprint density at radius 3 is 2.89 bits per heavy atom. The van der Waals surface area contributed by atoms with Gasteiger partial charge >= 0.3 is 0 Å². The van der Waals surface area contributed by atoms with Crippen molar-refractivity contribution in [1.29, 1.82) is 0 Å². The highest BCUT2D eigenvalue weighted by Gasteiger charge is 2.09. The van der Waals surface area contributed by atoms with Crippen LogP contribution in [-0.4, -0.2) is 26.4 Å². The molecule has 0 amide bonds. The standard InChI is InChI=1S/C14H23N5/c1-5-11(2)19-7-6-13(17-19)10-18-12(3)16-9-14(18)8-15-4/h6-7,9,11,15H,5,8,10H2,1-4H3. The van der Waals surface area contributed by atoms with E-state index in [1.807, 2.05) is 24.9 Å². The number of hydrogen-bond acceptors (Lipinski definition) is 3. The highest BCUT2D eigenvalue weighted by Crippen LogP contribution is 2.12. The minimum absolute atomic E-state index is 0.453. The van der Waals surface area contributed by atoms with Gasteiger partial charge in [-0.25, -0.2) is 4.98 Å². The second-order valence-electron chi connectivity index (χ2n) is 4.96. The molecule has 19 heavy (non-hydrogen) atoms. The first-order chi connectivity index (χ1) is 9.15. The first kappa shape index (κ1) is 13.8. The van der Waals surface area contributed by atoms with Crippen LogP contribution in [0, 0.1) is 6.92 Å². The summed E-state index contributed by atoms with van der Waals surface area (Å²) in [5.74, 6) is 1.03. The van der Waals surface area contributed by atoms with Gasteiger partial charge in [-0.2, -0.15) is 5.10 Å². The van der Waals surface area contributed by atoms with E-state index in [9.17, 15) is 0 Å². The van der Waals surface area contributed by atoms with Crippen molar-refractivity contribution in [3.8, 4) is 0 Å². The summed E-state index contributed by atoms with van der Waals surface area (Å²) >= 11 is 0. The highest BCUT2D eigenvalue weighted by atomic mass is 15.3. The lowest BCUT2D eigenvalue weighted by atomic mass is 10.3. The maximum Gasteiger partial charge on any atom is 0.106 e. The number of imidazole rings is 1. The van der Waals surface area contributed by atoms with E-state index in [4.69, 9.17) is 0 Å². The molecule has 0 radical (unpaired) electrons. The van der Waals surface area contributed by atoms with Crippen molar-refractivity contribution < 1.29 is 0 Å². The van der Waals surface area contributed by atoms with Crippen molar-refractivity contribution in [2.45, 2.75) is 46.3 Å². The zero-order valence-corrected chi connectivity index (χ0v) is 12.2. The monoisotopic (exact) mass is 261 g/mol. The summed E-state index contributed by atoms with van der Waals surface area (Å²) in [6, 6.07) is 2.55. The van der Waals surface area contributed by atoms with Crippen molar-refractivity contribution in [3.05, 3.63) is 35.7 Å². The summed E-state index contributed by atoms with van der Waals surface area (Å²) in [5, 5.41) is 7.82. The Labute approximate surface area is 114 Å². The normalized spacial score (nSPS) is 12.8. The van der Waals surface area contributed by atoms with Gasteiger partial charge in [-0.05, 0) is 33.4 Å². The van der Waals surface area contributed by atoms with Crippen LogP contribution in [0.15, 0.2) is 18.5 Å². The zero-order chi connectivity index (χ0) is 13.8. The molecule has 0 saturated heterocycles. The van der Waals surface area contributed by atoms with E-state index in [0.717, 1.165) is 31.0 Å². The van der Waals surface area contributed by atoms with Crippen LogP contribution < -0.4 is 5.32 Å². The molecule has 0 aliphatic heterocycles. The summed E-state index contributed by atoms with van der Waals surface area (Å²) in [4.78, 5) is 4.38. The lowest BCUT2D eigenvalue weighted by Crippen LogP contribution is -2.13. The molecule has 104 valence electrons. The fraction of sp³-hybridized carbons (Fsp3) is 0.571. The molecule has 0 bridgehead atoms. The maximum absolute atomic E-state index is 4.65. The van der Waals surface area contributed by atoms with E-state index in [1.54, 1.807) is 0 Å². The molecule has 1 N–H and O–H groups in total. The van der Waals surface area contributed by atoms with Crippen LogP contribution >= 0.6 is 0 Å². The zero-order valence-electron chi connectivity index (χ0n) is 12.2. The van der Waals surface area contributed by atoms with E-state index in [-0.39, 0.29) is 0 Å². The van der Waals surface area contributed by atoms with Crippen molar-refractivity contribution >= 4 is 0 Å². The molecule has 0 aromatic carbocycles. The second kappa shape index (κ2) is 6.02. The van der Waals surface area contributed by atoms with Crippen LogP contribution in [0.25, 0.3) is 0 Å². The van der Waals surface area contributed by atoms with Crippen molar-refractivity contribution in [2.75, 3.05) is 7.05 Å². The SMILES string of the molecule is CCC(C)n1ccc(Cn2c(CNC)cnc2C)n1. The van der Waals surface area contributed by atoms with Gasteiger partial charge < -0.3 is 9.88 Å². The number of aromatic nitrogens is 4. The molecule has 1 unspecified atom stereocenters. The molecule has 2 aromatic heterocycles. The van der Waals surface area contributed by atoms with Crippen LogP contribution in [0.2, 0.25) is 0 Å². The minimum Gasteiger partial charge on any atom is -0.325 e. The summed E-state index contributed by atoms with van der Waals surface area (Å²) in [6.45, 7) is 8.01. The Morgan fingerprint density at radius 1 is 1.42 bits per heavy atom. The molecular formula is C14H23N5. The number of aryl methyl sites for hydroxylation is 1. The average Bonchev–Trinajstić information content (AvgIpc) is 3.00. The van der Waals surface area contributed by atoms with Crippen LogP contribution in [0.3, 0.4) is 0 Å². The Hall–Kier alpha value is -1.62. The Balaban J connectivity index is 2.16. The third kappa shape index (κ3) is 3.04. The summed E-state index contributed by atoms with van der Waals surface area (Å²) in [7, 11) is 1.95. The first-order valence-corrected chi connectivity index (χ1v) is 6.85. The van der Waals surface area contributed by atoms with Gasteiger partial charge in [0.05, 0.1) is 17.9 Å². The number of hydrogen-bond donors (Lipinski definition) is 1. The third-order valence-corrected chi connectivity index (χ3v) is 3.52. The largest absolute Gasteiger partial charge is 0.325 e. The van der Waals surface area contributed by atoms with Crippen LogP contribution in [0.5, 0.6) is 0 Å². The number of nitrogens with one attached hydrogen (secondary N) is 1. The van der Waals surface area contributed by atoms with Gasteiger partial charge in [0.25, 0.3) is 0 Å². The van der Waals surface area contributed by atoms with Gasteiger partial charge in [-0.3, -0.25) is 4.68 Å². The molecule has 5 heteroatoms. The average molecular weight is 261 g/mol. The third-order valence-electron chi connectivity index (χ3n) is 3.52. The molecule has 0 aliphatic rings. The molecule has 2 aromatic rings. The summed E-state index contributed by atoms with van der Waals surface area (Å²) in [5.41, 5.74) is 2.27. The molecule has 2 heterocycles. The van der Waals surface area contributed by atoms with Crippen LogP contribution in [0.1, 0.15) is 43.5 Å². The molecule has 5 nitrogen and oxygen atoms in total. The fourth-order valence-electron chi connectivity index (χ4n) is 2.11. The van der Waals surface area contributed by atoms with Crippen molar-refractivity contribution in [3.63, 3.8) is 0 Å². The Kier molecular flexibility index (Phi) is 4.37. The number of nitrogens with zero attached hydrogens (tertiary/aromatic N) is 4. The summed E-state index contributed by atoms with van der Waals surface area (Å²) in [6.07, 6.45) is 5.08. The Bertz CT molecular complexity index is 526. The fourth-order valence-corrected chi connectivity index (χ4v) is 2.11. The Morgan fingerprint density at radius 2 is 2.21 bits per heavy atom. The topological polar surface area (TPSA) is 47.7 Å². The molecule has 0 aliphatic carbocycles. The summed E-state index contributed by atoms with van der Waals surface area (Å²) < 4.78 is 4.25. The molecule has 0 spiro atoms. The van der Waals surface area contributed by atoms with Crippen molar-refractivity contribution in [2.24, 2.45) is 0 Å². The van der Waals surface area contributed by atoms with E-state index in [1.165, 1.54) is 5.69 Å². The minimum atomic E-state index is 0.453. The second-order valence-corrected chi connectivity index (χ2v) is 4.96. The lowest BCUT2D eigenvalue weighted by Gasteiger charge is -2.10. The van der Waals surface area contributed by atoms with Gasteiger partial charge in [0.1, 0.15) is 5.82 Å². The smallest absolute Gasteiger partial charge is 0.106 e. The van der Waals surface area contributed by atoms with Gasteiger partial charge in [0, 0.05) is 25.0 Å². The van der Waals surface area contributed by atoms with Crippen molar-refractivity contribution in [1.82, 2.24) is 24.6 Å². The molecule has 2 rings (SSSR count). The molecule has 0 fully saturated rings. The van der Waals surface area contributed by atoms with Gasteiger partial charge in [0.2, 0.25) is 0 Å². The molecule has 1 atom stereocenters. The van der Waals surface area contributed by atoms with E-state index in [2.05, 4.69) is 46.1 Å². The quantitative estimate of drug-likeness (QED) is 0.866. The predicted molar refractivity (Wildman–Crippen MR) is 76.1 cm³/mol. The van der Waals surface area contributed by atoms with Gasteiger partial charge in [-0.1, -0.05) is 6.92 Å². The molecule has 0 saturated carbocycles. The highest BCUT2D eigenvalue weighted by molar-refractivity contribution is 5.09. The maximum atomic E-state index is 4.65. The van der Waals surface area contributed by atoms with Gasteiger partial charge in [-0.15, -0.1) is 0 Å². The van der Waals surface area contributed by atoms with E-state index < -0.39 is 0 Å². The number of rotatable bonds is 6. The lowest BCUT2D eigenvalue weighted by molar-refractivity contribution is 0.471. The van der Waals surface area contributed by atoms with E-state index >= 15 is 0 Å². The van der Waals surface area contributed by atoms with Gasteiger partial charge in [0.15, 0.2) is 0 Å². The van der Waals surface area contributed by atoms with Crippen LogP contribution in [-0.2, 0) is 13.1 Å². The first-order valence-electron chi connectivity index (χ1n) is 6.85.